The number of carbonyl (C=O) groups excluding carboxylic acids is 1. The summed E-state index contributed by atoms with van der Waals surface area (Å²) in [5.74, 6) is 0.0889. The second kappa shape index (κ2) is 9.77. The van der Waals surface area contributed by atoms with Gasteiger partial charge in [-0.2, -0.15) is 0 Å². The zero-order chi connectivity index (χ0) is 20.7. The van der Waals surface area contributed by atoms with Gasteiger partial charge in [-0.05, 0) is 55.8 Å². The molecule has 2 rings (SSSR count). The standard InChI is InChI=1S/C19H23ClN2O5S/c1-13-4-5-15(10-18(13)20)22-28(24,25)17-8-6-16(7-9-17)27-12-19(23)21-14(2)11-26-3/h4-10,14,22H,11-12H2,1-3H3,(H,21,23)/t14-/m0/s1. The third-order valence-electron chi connectivity index (χ3n) is 3.75. The fourth-order valence-electron chi connectivity index (χ4n) is 2.34. The molecule has 0 aliphatic heterocycles. The first-order valence-electron chi connectivity index (χ1n) is 8.51. The highest BCUT2D eigenvalue weighted by atomic mass is 35.5. The average Bonchev–Trinajstić information content (AvgIpc) is 2.63. The van der Waals surface area contributed by atoms with Gasteiger partial charge < -0.3 is 14.8 Å². The van der Waals surface area contributed by atoms with Crippen molar-refractivity contribution in [3.8, 4) is 5.75 Å². The molecule has 0 aliphatic rings. The van der Waals surface area contributed by atoms with E-state index in [1.54, 1.807) is 25.3 Å². The van der Waals surface area contributed by atoms with Crippen molar-refractivity contribution < 1.29 is 22.7 Å². The number of hydrogen-bond donors (Lipinski definition) is 2. The summed E-state index contributed by atoms with van der Waals surface area (Å²) in [6, 6.07) is 10.6. The Bertz CT molecular complexity index is 916. The van der Waals surface area contributed by atoms with Gasteiger partial charge in [0.05, 0.1) is 17.2 Å². The van der Waals surface area contributed by atoms with Crippen LogP contribution >= 0.6 is 11.6 Å². The molecule has 0 saturated carbocycles. The minimum atomic E-state index is -3.77. The third kappa shape index (κ3) is 6.40. The molecule has 152 valence electrons. The van der Waals surface area contributed by atoms with Gasteiger partial charge in [-0.3, -0.25) is 9.52 Å². The number of anilines is 1. The van der Waals surface area contributed by atoms with Crippen LogP contribution in [0.3, 0.4) is 0 Å². The lowest BCUT2D eigenvalue weighted by atomic mass is 10.2. The number of hydrogen-bond acceptors (Lipinski definition) is 5. The van der Waals surface area contributed by atoms with Crippen LogP contribution in [-0.2, 0) is 19.6 Å². The van der Waals surface area contributed by atoms with Crippen LogP contribution < -0.4 is 14.8 Å². The summed E-state index contributed by atoms with van der Waals surface area (Å²) in [5, 5.41) is 3.19. The molecule has 2 aromatic carbocycles. The Labute approximate surface area is 170 Å². The maximum Gasteiger partial charge on any atom is 0.261 e. The molecular formula is C19H23ClN2O5S. The maximum atomic E-state index is 12.5. The Morgan fingerprint density at radius 1 is 1.18 bits per heavy atom. The van der Waals surface area contributed by atoms with Crippen molar-refractivity contribution >= 4 is 33.2 Å². The van der Waals surface area contributed by atoms with Gasteiger partial charge >= 0.3 is 0 Å². The van der Waals surface area contributed by atoms with Crippen LogP contribution in [0.25, 0.3) is 0 Å². The van der Waals surface area contributed by atoms with E-state index in [1.165, 1.54) is 24.3 Å². The van der Waals surface area contributed by atoms with Crippen molar-refractivity contribution in [2.24, 2.45) is 0 Å². The molecule has 1 atom stereocenters. The highest BCUT2D eigenvalue weighted by Crippen LogP contribution is 2.23. The molecule has 0 radical (unpaired) electrons. The number of aryl methyl sites for hydroxylation is 1. The largest absolute Gasteiger partial charge is 0.484 e. The van der Waals surface area contributed by atoms with Crippen molar-refractivity contribution in [1.29, 1.82) is 0 Å². The number of halogens is 1. The minimum Gasteiger partial charge on any atom is -0.484 e. The molecule has 0 fully saturated rings. The van der Waals surface area contributed by atoms with E-state index >= 15 is 0 Å². The molecule has 9 heteroatoms. The Morgan fingerprint density at radius 2 is 1.86 bits per heavy atom. The fourth-order valence-corrected chi connectivity index (χ4v) is 3.57. The van der Waals surface area contributed by atoms with Crippen molar-refractivity contribution in [2.45, 2.75) is 24.8 Å². The fraction of sp³-hybridized carbons (Fsp3) is 0.316. The van der Waals surface area contributed by atoms with E-state index in [0.29, 0.717) is 23.1 Å². The SMILES string of the molecule is COC[C@H](C)NC(=O)COc1ccc(S(=O)(=O)Nc2ccc(C)c(Cl)c2)cc1. The van der Waals surface area contributed by atoms with E-state index in [0.717, 1.165) is 5.56 Å². The summed E-state index contributed by atoms with van der Waals surface area (Å²) in [5.41, 5.74) is 1.23. The summed E-state index contributed by atoms with van der Waals surface area (Å²) in [4.78, 5) is 11.8. The molecule has 7 nitrogen and oxygen atoms in total. The van der Waals surface area contributed by atoms with Gasteiger partial charge in [-0.25, -0.2) is 8.42 Å². The predicted octanol–water partition coefficient (Wildman–Crippen LogP) is 2.98. The van der Waals surface area contributed by atoms with Crippen LogP contribution in [0.4, 0.5) is 5.69 Å². The molecule has 0 saturated heterocycles. The number of methoxy groups -OCH3 is 1. The van der Waals surface area contributed by atoms with Gasteiger partial charge in [-0.15, -0.1) is 0 Å². The lowest BCUT2D eigenvalue weighted by Crippen LogP contribution is -2.38. The van der Waals surface area contributed by atoms with Gasteiger partial charge in [0.1, 0.15) is 5.75 Å². The van der Waals surface area contributed by atoms with Gasteiger partial charge in [-0.1, -0.05) is 17.7 Å². The second-order valence-electron chi connectivity index (χ2n) is 6.25. The monoisotopic (exact) mass is 426 g/mol. The zero-order valence-corrected chi connectivity index (χ0v) is 17.4. The molecule has 1 amide bonds. The van der Waals surface area contributed by atoms with E-state index in [2.05, 4.69) is 10.0 Å². The van der Waals surface area contributed by atoms with Crippen molar-refractivity contribution in [3.63, 3.8) is 0 Å². The van der Waals surface area contributed by atoms with Crippen molar-refractivity contribution in [3.05, 3.63) is 53.1 Å². The highest BCUT2D eigenvalue weighted by molar-refractivity contribution is 7.92. The highest BCUT2D eigenvalue weighted by Gasteiger charge is 2.15. The average molecular weight is 427 g/mol. The third-order valence-corrected chi connectivity index (χ3v) is 5.56. The van der Waals surface area contributed by atoms with Crippen LogP contribution in [0, 0.1) is 6.92 Å². The molecule has 0 aliphatic carbocycles. The van der Waals surface area contributed by atoms with Gasteiger partial charge in [0.15, 0.2) is 6.61 Å². The van der Waals surface area contributed by atoms with Crippen molar-refractivity contribution in [2.75, 3.05) is 25.0 Å². The molecule has 0 spiro atoms. The van der Waals surface area contributed by atoms with Crippen molar-refractivity contribution in [1.82, 2.24) is 5.32 Å². The lowest BCUT2D eigenvalue weighted by Gasteiger charge is -2.13. The van der Waals surface area contributed by atoms with E-state index < -0.39 is 10.0 Å². The minimum absolute atomic E-state index is 0.0646. The normalized spacial score (nSPS) is 12.3. The molecule has 28 heavy (non-hydrogen) atoms. The van der Waals surface area contributed by atoms with Crippen LogP contribution in [0.1, 0.15) is 12.5 Å². The summed E-state index contributed by atoms with van der Waals surface area (Å²) in [7, 11) is -2.22. The Balaban J connectivity index is 1.97. The topological polar surface area (TPSA) is 93.7 Å². The van der Waals surface area contributed by atoms with Crippen LogP contribution in [-0.4, -0.2) is 40.7 Å². The number of rotatable bonds is 9. The number of ether oxygens (including phenoxy) is 2. The van der Waals surface area contributed by atoms with Gasteiger partial charge in [0, 0.05) is 18.2 Å². The number of nitrogens with one attached hydrogen (secondary N) is 2. The van der Waals surface area contributed by atoms with Crippen LogP contribution in [0.5, 0.6) is 5.75 Å². The van der Waals surface area contributed by atoms with E-state index in [-0.39, 0.29) is 23.5 Å². The molecule has 2 N–H and O–H groups in total. The number of sulfonamides is 1. The number of carbonyl (C=O) groups is 1. The smallest absolute Gasteiger partial charge is 0.261 e. The summed E-state index contributed by atoms with van der Waals surface area (Å²) in [6.07, 6.45) is 0. The number of benzene rings is 2. The first-order chi connectivity index (χ1) is 13.2. The van der Waals surface area contributed by atoms with Gasteiger partial charge in [0.2, 0.25) is 0 Å². The van der Waals surface area contributed by atoms with Gasteiger partial charge in [0.25, 0.3) is 15.9 Å². The van der Waals surface area contributed by atoms with Crippen LogP contribution in [0.2, 0.25) is 5.02 Å². The summed E-state index contributed by atoms with van der Waals surface area (Å²) in [6.45, 7) is 3.87. The molecular weight excluding hydrogens is 404 g/mol. The van der Waals surface area contributed by atoms with E-state index in [1.807, 2.05) is 13.8 Å². The van der Waals surface area contributed by atoms with E-state index in [4.69, 9.17) is 21.1 Å². The molecule has 0 bridgehead atoms. The zero-order valence-electron chi connectivity index (χ0n) is 15.9. The van der Waals surface area contributed by atoms with Crippen LogP contribution in [0.15, 0.2) is 47.4 Å². The number of amides is 1. The Hall–Kier alpha value is -2.29. The molecule has 0 aromatic heterocycles. The second-order valence-corrected chi connectivity index (χ2v) is 8.34. The summed E-state index contributed by atoms with van der Waals surface area (Å²) >= 11 is 6.03. The quantitative estimate of drug-likeness (QED) is 0.642. The first-order valence-corrected chi connectivity index (χ1v) is 10.4. The van der Waals surface area contributed by atoms with E-state index in [9.17, 15) is 13.2 Å². The molecule has 2 aromatic rings. The molecule has 0 unspecified atom stereocenters. The lowest BCUT2D eigenvalue weighted by molar-refractivity contribution is -0.124. The summed E-state index contributed by atoms with van der Waals surface area (Å²) < 4.78 is 37.8. The Morgan fingerprint density at radius 3 is 2.46 bits per heavy atom. The Kier molecular flexibility index (Phi) is 7.68. The first kappa shape index (κ1) is 22.0. The predicted molar refractivity (Wildman–Crippen MR) is 108 cm³/mol. The molecule has 0 heterocycles. The maximum absolute atomic E-state index is 12.5.